The van der Waals surface area contributed by atoms with Crippen LogP contribution < -0.4 is 4.90 Å². The Morgan fingerprint density at radius 3 is 2.58 bits per heavy atom. The van der Waals surface area contributed by atoms with Crippen LogP contribution in [0.25, 0.3) is 0 Å². The second-order valence-electron chi connectivity index (χ2n) is 7.06. The molecule has 1 atom stereocenters. The molecule has 2 fully saturated rings. The van der Waals surface area contributed by atoms with E-state index in [1.54, 1.807) is 14.0 Å². The summed E-state index contributed by atoms with van der Waals surface area (Å²) in [6, 6.07) is 4.22. The van der Waals surface area contributed by atoms with Crippen molar-refractivity contribution in [3.63, 3.8) is 0 Å². The van der Waals surface area contributed by atoms with Gasteiger partial charge in [0.1, 0.15) is 6.61 Å². The molecule has 0 spiro atoms. The minimum absolute atomic E-state index is 0.0230. The summed E-state index contributed by atoms with van der Waals surface area (Å²) in [6.45, 7) is 7.61. The molecule has 7 heteroatoms. The van der Waals surface area contributed by atoms with Gasteiger partial charge in [-0.2, -0.15) is 0 Å². The van der Waals surface area contributed by atoms with E-state index in [0.29, 0.717) is 0 Å². The molecular formula is C19H28N4O3. The van der Waals surface area contributed by atoms with E-state index in [-0.39, 0.29) is 24.5 Å². The minimum atomic E-state index is 0.0230. The molecule has 0 radical (unpaired) electrons. The fraction of sp³-hybridized carbons (Fsp3) is 0.632. The number of amides is 2. The lowest BCUT2D eigenvalue weighted by molar-refractivity contribution is -0.136. The molecule has 2 aliphatic heterocycles. The van der Waals surface area contributed by atoms with Gasteiger partial charge in [0.2, 0.25) is 11.8 Å². The number of aromatic nitrogens is 1. The molecule has 2 aliphatic rings. The number of anilines is 1. The molecule has 142 valence electrons. The van der Waals surface area contributed by atoms with E-state index < -0.39 is 0 Å². The number of nitrogens with zero attached hydrogens (tertiary/aromatic N) is 4. The van der Waals surface area contributed by atoms with Crippen LogP contribution in [0.3, 0.4) is 0 Å². The van der Waals surface area contributed by atoms with E-state index in [1.807, 2.05) is 16.7 Å². The van der Waals surface area contributed by atoms with Crippen LogP contribution >= 0.6 is 0 Å². The average molecular weight is 360 g/mol. The summed E-state index contributed by atoms with van der Waals surface area (Å²) in [4.78, 5) is 34.6. The van der Waals surface area contributed by atoms with Crippen molar-refractivity contribution < 1.29 is 14.3 Å². The van der Waals surface area contributed by atoms with Gasteiger partial charge in [-0.3, -0.25) is 14.6 Å². The second-order valence-corrected chi connectivity index (χ2v) is 7.06. The molecule has 0 aromatic carbocycles. The lowest BCUT2D eigenvalue weighted by Gasteiger charge is -2.36. The number of carbonyl (C=O) groups is 2. The van der Waals surface area contributed by atoms with E-state index in [1.165, 1.54) is 0 Å². The zero-order valence-corrected chi connectivity index (χ0v) is 15.9. The molecule has 2 amide bonds. The fourth-order valence-electron chi connectivity index (χ4n) is 3.89. The van der Waals surface area contributed by atoms with E-state index in [0.717, 1.165) is 62.6 Å². The molecular weight excluding hydrogens is 332 g/mol. The Bertz CT molecular complexity index is 671. The van der Waals surface area contributed by atoms with Gasteiger partial charge in [0.15, 0.2) is 0 Å². The zero-order chi connectivity index (χ0) is 18.7. The van der Waals surface area contributed by atoms with Crippen molar-refractivity contribution in [1.82, 2.24) is 14.8 Å². The van der Waals surface area contributed by atoms with Gasteiger partial charge in [-0.25, -0.2) is 0 Å². The van der Waals surface area contributed by atoms with Crippen molar-refractivity contribution in [2.45, 2.75) is 32.7 Å². The van der Waals surface area contributed by atoms with Crippen molar-refractivity contribution in [2.24, 2.45) is 0 Å². The van der Waals surface area contributed by atoms with Gasteiger partial charge >= 0.3 is 0 Å². The van der Waals surface area contributed by atoms with E-state index in [2.05, 4.69) is 17.0 Å². The third-order valence-electron chi connectivity index (χ3n) is 5.23. The van der Waals surface area contributed by atoms with Gasteiger partial charge in [-0.1, -0.05) is 0 Å². The molecule has 0 saturated carbocycles. The normalized spacial score (nSPS) is 20.6. The zero-order valence-electron chi connectivity index (χ0n) is 15.9. The first-order chi connectivity index (χ1) is 12.5. The van der Waals surface area contributed by atoms with Crippen LogP contribution in [0, 0.1) is 6.92 Å². The van der Waals surface area contributed by atoms with Crippen LogP contribution in [0.5, 0.6) is 0 Å². The smallest absolute Gasteiger partial charge is 0.249 e. The number of aryl methyl sites for hydroxylation is 1. The first-order valence-electron chi connectivity index (χ1n) is 9.27. The van der Waals surface area contributed by atoms with Crippen LogP contribution in [0.2, 0.25) is 0 Å². The predicted molar refractivity (Wildman–Crippen MR) is 99.0 cm³/mol. The molecule has 26 heavy (non-hydrogen) atoms. The number of piperazine rings is 1. The summed E-state index contributed by atoms with van der Waals surface area (Å²) in [7, 11) is 1.55. The Morgan fingerprint density at radius 2 is 1.92 bits per heavy atom. The largest absolute Gasteiger partial charge is 0.375 e. The number of carbonyl (C=O) groups excluding carboxylic acids is 2. The van der Waals surface area contributed by atoms with Crippen LogP contribution in [0.15, 0.2) is 12.1 Å². The van der Waals surface area contributed by atoms with Gasteiger partial charge in [-0.15, -0.1) is 0 Å². The molecule has 2 saturated heterocycles. The van der Waals surface area contributed by atoms with Gasteiger partial charge in [0, 0.05) is 58.1 Å². The number of hydrogen-bond acceptors (Lipinski definition) is 5. The molecule has 3 heterocycles. The molecule has 3 rings (SSSR count). The van der Waals surface area contributed by atoms with Crippen molar-refractivity contribution in [3.05, 3.63) is 23.5 Å². The van der Waals surface area contributed by atoms with Crippen LogP contribution in [-0.4, -0.2) is 73.0 Å². The first-order valence-corrected chi connectivity index (χ1v) is 9.27. The topological polar surface area (TPSA) is 66.0 Å². The Labute approximate surface area is 154 Å². The Balaban J connectivity index is 1.78. The number of likely N-dealkylation sites (tertiary alicyclic amines) is 1. The Hall–Kier alpha value is -2.15. The van der Waals surface area contributed by atoms with Crippen molar-refractivity contribution in [1.29, 1.82) is 0 Å². The van der Waals surface area contributed by atoms with Gasteiger partial charge in [0.05, 0.1) is 11.7 Å². The lowest BCUT2D eigenvalue weighted by Crippen LogP contribution is -2.48. The Kier molecular flexibility index (Phi) is 5.76. The average Bonchev–Trinajstić information content (AvgIpc) is 3.11. The highest BCUT2D eigenvalue weighted by Crippen LogP contribution is 2.33. The number of rotatable bonds is 4. The molecule has 0 aliphatic carbocycles. The minimum Gasteiger partial charge on any atom is -0.375 e. The quantitative estimate of drug-likeness (QED) is 0.811. The van der Waals surface area contributed by atoms with Gasteiger partial charge in [0.25, 0.3) is 0 Å². The molecule has 0 bridgehead atoms. The monoisotopic (exact) mass is 360 g/mol. The first kappa shape index (κ1) is 18.6. The maximum Gasteiger partial charge on any atom is 0.249 e. The van der Waals surface area contributed by atoms with E-state index >= 15 is 0 Å². The third kappa shape index (κ3) is 3.98. The second kappa shape index (κ2) is 8.03. The molecule has 1 aromatic heterocycles. The predicted octanol–water partition coefficient (Wildman–Crippen LogP) is 1.37. The maximum atomic E-state index is 12.3. The summed E-state index contributed by atoms with van der Waals surface area (Å²) in [5.41, 5.74) is 3.04. The van der Waals surface area contributed by atoms with E-state index in [9.17, 15) is 9.59 Å². The summed E-state index contributed by atoms with van der Waals surface area (Å²) in [6.07, 6.45) is 1.92. The van der Waals surface area contributed by atoms with Crippen LogP contribution in [0.4, 0.5) is 5.69 Å². The Morgan fingerprint density at radius 1 is 1.19 bits per heavy atom. The molecule has 7 nitrogen and oxygen atoms in total. The highest BCUT2D eigenvalue weighted by Gasteiger charge is 2.31. The molecule has 1 aromatic rings. The van der Waals surface area contributed by atoms with Gasteiger partial charge < -0.3 is 19.4 Å². The SMILES string of the molecule is COCC(=O)N1CCCC1c1cc(N2CCN(C(C)=O)CC2)cc(C)n1. The number of ether oxygens (including phenoxy) is 1. The van der Waals surface area contributed by atoms with E-state index in [4.69, 9.17) is 9.72 Å². The highest BCUT2D eigenvalue weighted by atomic mass is 16.5. The number of hydrogen-bond donors (Lipinski definition) is 0. The number of methoxy groups -OCH3 is 1. The molecule has 0 N–H and O–H groups in total. The number of pyridine rings is 1. The summed E-state index contributed by atoms with van der Waals surface area (Å²) in [5.74, 6) is 0.157. The van der Waals surface area contributed by atoms with Gasteiger partial charge in [-0.05, 0) is 31.9 Å². The van der Waals surface area contributed by atoms with Crippen molar-refractivity contribution in [2.75, 3.05) is 51.3 Å². The molecule has 1 unspecified atom stereocenters. The van der Waals surface area contributed by atoms with Crippen LogP contribution in [0.1, 0.15) is 37.2 Å². The lowest BCUT2D eigenvalue weighted by atomic mass is 10.1. The third-order valence-corrected chi connectivity index (χ3v) is 5.23. The standard InChI is InChI=1S/C19H28N4O3/c1-14-11-16(22-9-7-21(8-10-22)15(2)24)12-17(20-14)18-5-4-6-23(18)19(25)13-26-3/h11-12,18H,4-10,13H2,1-3H3. The van der Waals surface area contributed by atoms with Crippen LogP contribution in [-0.2, 0) is 14.3 Å². The fourth-order valence-corrected chi connectivity index (χ4v) is 3.89. The summed E-state index contributed by atoms with van der Waals surface area (Å²) >= 11 is 0. The summed E-state index contributed by atoms with van der Waals surface area (Å²) < 4.78 is 5.02. The van der Waals surface area contributed by atoms with Crippen molar-refractivity contribution >= 4 is 17.5 Å². The summed E-state index contributed by atoms with van der Waals surface area (Å²) in [5, 5.41) is 0. The maximum absolute atomic E-state index is 12.3. The van der Waals surface area contributed by atoms with Crippen molar-refractivity contribution in [3.8, 4) is 0 Å². The highest BCUT2D eigenvalue weighted by molar-refractivity contribution is 5.78.